The predicted octanol–water partition coefficient (Wildman–Crippen LogP) is 1.55. The van der Waals surface area contributed by atoms with Gasteiger partial charge in [0, 0.05) is 26.2 Å². The zero-order valence-electron chi connectivity index (χ0n) is 12.1. The first-order chi connectivity index (χ1) is 8.82. The lowest BCUT2D eigenvalue weighted by atomic mass is 10.1. The molecule has 0 aliphatic carbocycles. The highest BCUT2D eigenvalue weighted by molar-refractivity contribution is 7.89. The minimum atomic E-state index is -3.35. The van der Waals surface area contributed by atoms with Gasteiger partial charge in [0.15, 0.2) is 0 Å². The summed E-state index contributed by atoms with van der Waals surface area (Å²) in [5, 5.41) is 0. The Morgan fingerprint density at radius 1 is 0.895 bits per heavy atom. The van der Waals surface area contributed by atoms with Crippen molar-refractivity contribution in [2.24, 2.45) is 0 Å². The van der Waals surface area contributed by atoms with Crippen molar-refractivity contribution in [3.05, 3.63) is 28.8 Å². The van der Waals surface area contributed by atoms with Crippen LogP contribution in [-0.2, 0) is 10.0 Å². The monoisotopic (exact) mass is 282 g/mol. The topological polar surface area (TPSA) is 40.6 Å². The molecule has 0 radical (unpaired) electrons. The molecule has 0 unspecified atom stereocenters. The summed E-state index contributed by atoms with van der Waals surface area (Å²) < 4.78 is 27.0. The van der Waals surface area contributed by atoms with Crippen molar-refractivity contribution < 1.29 is 8.42 Å². The zero-order valence-corrected chi connectivity index (χ0v) is 12.9. The number of likely N-dealkylation sites (N-methyl/N-ethyl adjacent to an activating group) is 1. The maximum absolute atomic E-state index is 12.7. The molecule has 1 aromatic carbocycles. The summed E-state index contributed by atoms with van der Waals surface area (Å²) in [5.74, 6) is 0. The number of hydrogen-bond donors (Lipinski definition) is 0. The Labute approximate surface area is 116 Å². The van der Waals surface area contributed by atoms with Crippen LogP contribution < -0.4 is 0 Å². The summed E-state index contributed by atoms with van der Waals surface area (Å²) in [5.41, 5.74) is 3.00. The van der Waals surface area contributed by atoms with E-state index in [1.54, 1.807) is 10.4 Å². The van der Waals surface area contributed by atoms with Crippen molar-refractivity contribution in [3.8, 4) is 0 Å². The van der Waals surface area contributed by atoms with E-state index in [1.807, 2.05) is 33.9 Å². The van der Waals surface area contributed by atoms with Gasteiger partial charge in [-0.3, -0.25) is 0 Å². The van der Waals surface area contributed by atoms with Crippen molar-refractivity contribution in [1.29, 1.82) is 0 Å². The number of sulfonamides is 1. The number of benzene rings is 1. The summed E-state index contributed by atoms with van der Waals surface area (Å²) in [4.78, 5) is 2.61. The van der Waals surface area contributed by atoms with Gasteiger partial charge in [0.1, 0.15) is 0 Å². The van der Waals surface area contributed by atoms with Gasteiger partial charge >= 0.3 is 0 Å². The SMILES string of the molecule is Cc1cc(C)c(S(=O)(=O)N2CCN(C)CC2)cc1C. The van der Waals surface area contributed by atoms with Crippen LogP contribution in [0, 0.1) is 20.8 Å². The lowest BCUT2D eigenvalue weighted by Gasteiger charge is -2.32. The maximum Gasteiger partial charge on any atom is 0.243 e. The highest BCUT2D eigenvalue weighted by Crippen LogP contribution is 2.24. The Bertz CT molecular complexity index is 573. The summed E-state index contributed by atoms with van der Waals surface area (Å²) in [6, 6.07) is 3.76. The Morgan fingerprint density at radius 3 is 2.00 bits per heavy atom. The molecule has 0 bridgehead atoms. The molecule has 106 valence electrons. The molecule has 0 atom stereocenters. The first-order valence-electron chi connectivity index (χ1n) is 6.59. The van der Waals surface area contributed by atoms with E-state index in [2.05, 4.69) is 4.90 Å². The number of aryl methyl sites for hydroxylation is 3. The average Bonchev–Trinajstić information content (AvgIpc) is 2.34. The third kappa shape index (κ3) is 2.83. The average molecular weight is 282 g/mol. The first-order valence-corrected chi connectivity index (χ1v) is 8.03. The van der Waals surface area contributed by atoms with Crippen molar-refractivity contribution in [2.45, 2.75) is 25.7 Å². The largest absolute Gasteiger partial charge is 0.304 e. The Balaban J connectivity index is 2.37. The Kier molecular flexibility index (Phi) is 3.99. The number of hydrogen-bond acceptors (Lipinski definition) is 3. The van der Waals surface area contributed by atoms with Gasteiger partial charge in [0.25, 0.3) is 0 Å². The van der Waals surface area contributed by atoms with E-state index >= 15 is 0 Å². The lowest BCUT2D eigenvalue weighted by molar-refractivity contribution is 0.222. The molecule has 1 aliphatic rings. The van der Waals surface area contributed by atoms with Crippen LogP contribution in [0.25, 0.3) is 0 Å². The normalized spacial score (nSPS) is 18.7. The fraction of sp³-hybridized carbons (Fsp3) is 0.571. The van der Waals surface area contributed by atoms with Crippen LogP contribution in [0.1, 0.15) is 16.7 Å². The Morgan fingerprint density at radius 2 is 1.42 bits per heavy atom. The van der Waals surface area contributed by atoms with E-state index in [0.717, 1.165) is 29.8 Å². The molecule has 2 rings (SSSR count). The van der Waals surface area contributed by atoms with Crippen LogP contribution in [0.2, 0.25) is 0 Å². The molecule has 0 saturated carbocycles. The molecule has 0 spiro atoms. The number of rotatable bonds is 2. The van der Waals surface area contributed by atoms with Gasteiger partial charge < -0.3 is 4.90 Å². The van der Waals surface area contributed by atoms with Crippen molar-refractivity contribution in [2.75, 3.05) is 33.2 Å². The van der Waals surface area contributed by atoms with Crippen LogP contribution in [0.5, 0.6) is 0 Å². The second-order valence-electron chi connectivity index (χ2n) is 5.41. The summed E-state index contributed by atoms with van der Waals surface area (Å²) >= 11 is 0. The fourth-order valence-corrected chi connectivity index (χ4v) is 4.09. The number of nitrogens with zero attached hydrogens (tertiary/aromatic N) is 2. The second kappa shape index (κ2) is 5.23. The van der Waals surface area contributed by atoms with Gasteiger partial charge in [-0.25, -0.2) is 8.42 Å². The van der Waals surface area contributed by atoms with E-state index in [-0.39, 0.29) is 0 Å². The molecule has 1 fully saturated rings. The molecule has 1 aromatic rings. The molecule has 1 aliphatic heterocycles. The molecule has 5 heteroatoms. The van der Waals surface area contributed by atoms with Crippen molar-refractivity contribution >= 4 is 10.0 Å². The highest BCUT2D eigenvalue weighted by atomic mass is 32.2. The maximum atomic E-state index is 12.7. The number of piperazine rings is 1. The van der Waals surface area contributed by atoms with Crippen LogP contribution in [0.15, 0.2) is 17.0 Å². The van der Waals surface area contributed by atoms with Gasteiger partial charge in [-0.2, -0.15) is 4.31 Å². The van der Waals surface area contributed by atoms with Crippen LogP contribution in [0.4, 0.5) is 0 Å². The minimum Gasteiger partial charge on any atom is -0.304 e. The van der Waals surface area contributed by atoms with Gasteiger partial charge in [0.2, 0.25) is 10.0 Å². The van der Waals surface area contributed by atoms with Crippen LogP contribution >= 0.6 is 0 Å². The van der Waals surface area contributed by atoms with E-state index in [9.17, 15) is 8.42 Å². The van der Waals surface area contributed by atoms with Crippen molar-refractivity contribution in [1.82, 2.24) is 9.21 Å². The van der Waals surface area contributed by atoms with Gasteiger partial charge in [-0.15, -0.1) is 0 Å². The standard InChI is InChI=1S/C14H22N2O2S/c1-11-9-13(3)14(10-12(11)2)19(17,18)16-7-5-15(4)6-8-16/h9-10H,5-8H2,1-4H3. The van der Waals surface area contributed by atoms with Crippen LogP contribution in [-0.4, -0.2) is 50.8 Å². The van der Waals surface area contributed by atoms with E-state index in [0.29, 0.717) is 18.0 Å². The van der Waals surface area contributed by atoms with E-state index < -0.39 is 10.0 Å². The molecule has 0 aromatic heterocycles. The second-order valence-corrected chi connectivity index (χ2v) is 7.32. The fourth-order valence-electron chi connectivity index (χ4n) is 2.38. The Hall–Kier alpha value is -0.910. The molecule has 0 amide bonds. The molecule has 0 N–H and O–H groups in total. The third-order valence-corrected chi connectivity index (χ3v) is 5.91. The van der Waals surface area contributed by atoms with Gasteiger partial charge in [-0.1, -0.05) is 6.07 Å². The molecule has 19 heavy (non-hydrogen) atoms. The predicted molar refractivity (Wildman–Crippen MR) is 76.9 cm³/mol. The van der Waals surface area contributed by atoms with Crippen LogP contribution in [0.3, 0.4) is 0 Å². The van der Waals surface area contributed by atoms with Crippen molar-refractivity contribution in [3.63, 3.8) is 0 Å². The summed E-state index contributed by atoms with van der Waals surface area (Å²) in [6.45, 7) is 8.57. The van der Waals surface area contributed by atoms with Gasteiger partial charge in [0.05, 0.1) is 4.90 Å². The highest BCUT2D eigenvalue weighted by Gasteiger charge is 2.28. The summed E-state index contributed by atoms with van der Waals surface area (Å²) in [6.07, 6.45) is 0. The van der Waals surface area contributed by atoms with Gasteiger partial charge in [-0.05, 0) is 50.6 Å². The zero-order chi connectivity index (χ0) is 14.2. The molecule has 1 heterocycles. The molecule has 1 saturated heterocycles. The van der Waals surface area contributed by atoms with E-state index in [4.69, 9.17) is 0 Å². The molecular formula is C14H22N2O2S. The lowest BCUT2D eigenvalue weighted by Crippen LogP contribution is -2.47. The quantitative estimate of drug-likeness (QED) is 0.826. The minimum absolute atomic E-state index is 0.458. The molecule has 4 nitrogen and oxygen atoms in total. The third-order valence-electron chi connectivity index (χ3n) is 3.87. The summed E-state index contributed by atoms with van der Waals surface area (Å²) in [7, 11) is -1.33. The van der Waals surface area contributed by atoms with E-state index in [1.165, 1.54) is 0 Å². The first kappa shape index (κ1) is 14.5. The smallest absolute Gasteiger partial charge is 0.243 e. The molecular weight excluding hydrogens is 260 g/mol.